The molecule has 1 N–H and O–H groups in total. The number of hydrogen-bond donors (Lipinski definition) is 1. The van der Waals surface area contributed by atoms with E-state index in [4.69, 9.17) is 0 Å². The highest BCUT2D eigenvalue weighted by atomic mass is 127. The summed E-state index contributed by atoms with van der Waals surface area (Å²) in [7, 11) is 0. The first-order chi connectivity index (χ1) is 5.68. The maximum Gasteiger partial charge on any atom is 0.138 e. The SMILES string of the molecule is Fc1cc2c(I)n[nH]c2cc1Br. The molecule has 0 bridgehead atoms. The van der Waals surface area contributed by atoms with E-state index in [-0.39, 0.29) is 5.82 Å². The van der Waals surface area contributed by atoms with Gasteiger partial charge in [-0.15, -0.1) is 0 Å². The van der Waals surface area contributed by atoms with Gasteiger partial charge in [-0.3, -0.25) is 5.10 Å². The van der Waals surface area contributed by atoms with Crippen molar-refractivity contribution in [2.24, 2.45) is 0 Å². The average Bonchev–Trinajstić information content (AvgIpc) is 2.35. The number of rotatable bonds is 0. The number of hydrogen-bond acceptors (Lipinski definition) is 1. The monoisotopic (exact) mass is 340 g/mol. The highest BCUT2D eigenvalue weighted by Gasteiger charge is 2.06. The number of nitrogens with zero attached hydrogens (tertiary/aromatic N) is 1. The van der Waals surface area contributed by atoms with E-state index in [1.54, 1.807) is 6.07 Å². The maximum atomic E-state index is 13.0. The van der Waals surface area contributed by atoms with Crippen molar-refractivity contribution < 1.29 is 4.39 Å². The number of halogens is 3. The predicted octanol–water partition coefficient (Wildman–Crippen LogP) is 3.07. The van der Waals surface area contributed by atoms with E-state index in [2.05, 4.69) is 48.7 Å². The number of H-pyrrole nitrogens is 1. The molecule has 2 rings (SSSR count). The van der Waals surface area contributed by atoms with Gasteiger partial charge in [-0.05, 0) is 50.7 Å². The van der Waals surface area contributed by atoms with Crippen molar-refractivity contribution >= 4 is 49.4 Å². The molecule has 5 heteroatoms. The van der Waals surface area contributed by atoms with Crippen LogP contribution in [0.15, 0.2) is 16.6 Å². The summed E-state index contributed by atoms with van der Waals surface area (Å²) < 4.78 is 14.3. The van der Waals surface area contributed by atoms with Crippen LogP contribution in [-0.4, -0.2) is 10.2 Å². The lowest BCUT2D eigenvalue weighted by Gasteiger charge is -1.93. The van der Waals surface area contributed by atoms with Crippen LogP contribution in [0.4, 0.5) is 4.39 Å². The van der Waals surface area contributed by atoms with Crippen molar-refractivity contribution in [3.05, 3.63) is 26.1 Å². The van der Waals surface area contributed by atoms with Crippen molar-refractivity contribution in [1.82, 2.24) is 10.2 Å². The van der Waals surface area contributed by atoms with E-state index in [0.29, 0.717) is 4.47 Å². The number of nitrogens with one attached hydrogen (secondary N) is 1. The third-order valence-corrected chi connectivity index (χ3v) is 2.99. The molecule has 0 aliphatic heterocycles. The summed E-state index contributed by atoms with van der Waals surface area (Å²) in [6.07, 6.45) is 0. The van der Waals surface area contributed by atoms with Gasteiger partial charge >= 0.3 is 0 Å². The van der Waals surface area contributed by atoms with Crippen molar-refractivity contribution in [1.29, 1.82) is 0 Å². The molecule has 0 fully saturated rings. The van der Waals surface area contributed by atoms with Crippen LogP contribution in [0.5, 0.6) is 0 Å². The Morgan fingerprint density at radius 2 is 2.25 bits per heavy atom. The lowest BCUT2D eigenvalue weighted by molar-refractivity contribution is 0.623. The topological polar surface area (TPSA) is 28.7 Å². The lowest BCUT2D eigenvalue weighted by Crippen LogP contribution is -1.77. The first kappa shape index (κ1) is 8.43. The van der Waals surface area contributed by atoms with Gasteiger partial charge in [0, 0.05) is 5.39 Å². The molecular formula is C7H3BrFIN2. The van der Waals surface area contributed by atoms with Gasteiger partial charge in [-0.1, -0.05) is 0 Å². The Hall–Kier alpha value is -0.170. The van der Waals surface area contributed by atoms with Crippen LogP contribution in [0, 0.1) is 9.52 Å². The molecule has 0 atom stereocenters. The highest BCUT2D eigenvalue weighted by molar-refractivity contribution is 14.1. The van der Waals surface area contributed by atoms with E-state index in [9.17, 15) is 4.39 Å². The van der Waals surface area contributed by atoms with Crippen LogP contribution < -0.4 is 0 Å². The van der Waals surface area contributed by atoms with Crippen molar-refractivity contribution in [2.45, 2.75) is 0 Å². The van der Waals surface area contributed by atoms with Crippen molar-refractivity contribution in [3.8, 4) is 0 Å². The molecule has 0 saturated carbocycles. The Balaban J connectivity index is 2.87. The zero-order chi connectivity index (χ0) is 8.72. The molecule has 0 aliphatic carbocycles. The van der Waals surface area contributed by atoms with Gasteiger partial charge < -0.3 is 0 Å². The minimum absolute atomic E-state index is 0.262. The molecule has 2 nitrogen and oxygen atoms in total. The molecular weight excluding hydrogens is 338 g/mol. The Bertz CT molecular complexity index is 440. The molecule has 0 aliphatic rings. The first-order valence-electron chi connectivity index (χ1n) is 3.17. The summed E-state index contributed by atoms with van der Waals surface area (Å²) in [6.45, 7) is 0. The summed E-state index contributed by atoms with van der Waals surface area (Å²) in [5.41, 5.74) is 0.840. The minimum atomic E-state index is -0.262. The number of fused-ring (bicyclic) bond motifs is 1. The van der Waals surface area contributed by atoms with Gasteiger partial charge in [0.2, 0.25) is 0 Å². The summed E-state index contributed by atoms with van der Waals surface area (Å²) >= 11 is 5.16. The molecule has 0 radical (unpaired) electrons. The molecule has 0 amide bonds. The fraction of sp³-hybridized carbons (Fsp3) is 0. The third kappa shape index (κ3) is 1.24. The normalized spacial score (nSPS) is 10.9. The van der Waals surface area contributed by atoms with Gasteiger partial charge in [0.05, 0.1) is 9.99 Å². The zero-order valence-corrected chi connectivity index (χ0v) is 9.48. The van der Waals surface area contributed by atoms with E-state index in [1.165, 1.54) is 6.07 Å². The quantitative estimate of drug-likeness (QED) is 0.734. The minimum Gasteiger partial charge on any atom is -0.277 e. The molecule has 12 heavy (non-hydrogen) atoms. The highest BCUT2D eigenvalue weighted by Crippen LogP contribution is 2.24. The van der Waals surface area contributed by atoms with Crippen LogP contribution in [-0.2, 0) is 0 Å². The second-order valence-electron chi connectivity index (χ2n) is 2.33. The summed E-state index contributed by atoms with van der Waals surface area (Å²) in [6, 6.07) is 3.14. The molecule has 1 aromatic carbocycles. The zero-order valence-electron chi connectivity index (χ0n) is 5.74. The van der Waals surface area contributed by atoms with E-state index < -0.39 is 0 Å². The molecule has 62 valence electrons. The molecule has 1 aromatic heterocycles. The van der Waals surface area contributed by atoms with Gasteiger partial charge in [0.25, 0.3) is 0 Å². The first-order valence-corrected chi connectivity index (χ1v) is 5.04. The van der Waals surface area contributed by atoms with Gasteiger partial charge in [0.1, 0.15) is 9.52 Å². The van der Waals surface area contributed by atoms with Crippen LogP contribution >= 0.6 is 38.5 Å². The fourth-order valence-corrected chi connectivity index (χ4v) is 1.89. The number of aromatic amines is 1. The van der Waals surface area contributed by atoms with Crippen molar-refractivity contribution in [2.75, 3.05) is 0 Å². The van der Waals surface area contributed by atoms with Gasteiger partial charge in [0.15, 0.2) is 0 Å². The summed E-state index contributed by atoms with van der Waals surface area (Å²) in [5.74, 6) is -0.262. The number of aromatic nitrogens is 2. The van der Waals surface area contributed by atoms with Crippen LogP contribution in [0.2, 0.25) is 0 Å². The Morgan fingerprint density at radius 3 is 3.00 bits per heavy atom. The number of benzene rings is 1. The summed E-state index contributed by atoms with van der Waals surface area (Å²) in [5, 5.41) is 7.57. The largest absolute Gasteiger partial charge is 0.277 e. The standard InChI is InChI=1S/C7H3BrFIN2/c8-4-2-6-3(1-5(4)9)7(10)12-11-6/h1-2H,(H,11,12). The molecule has 1 heterocycles. The lowest BCUT2D eigenvalue weighted by atomic mass is 10.2. The van der Waals surface area contributed by atoms with Gasteiger partial charge in [-0.2, -0.15) is 5.10 Å². The van der Waals surface area contributed by atoms with Gasteiger partial charge in [-0.25, -0.2) is 4.39 Å². The summed E-state index contributed by atoms with van der Waals surface area (Å²) in [4.78, 5) is 0. The Kier molecular flexibility index (Phi) is 2.07. The van der Waals surface area contributed by atoms with Crippen LogP contribution in [0.1, 0.15) is 0 Å². The fourth-order valence-electron chi connectivity index (χ4n) is 0.980. The van der Waals surface area contributed by atoms with Crippen LogP contribution in [0.3, 0.4) is 0 Å². The third-order valence-electron chi connectivity index (χ3n) is 1.56. The molecule has 0 unspecified atom stereocenters. The maximum absolute atomic E-state index is 13.0. The van der Waals surface area contributed by atoms with Crippen molar-refractivity contribution in [3.63, 3.8) is 0 Å². The van der Waals surface area contributed by atoms with E-state index >= 15 is 0 Å². The molecule has 0 saturated heterocycles. The molecule has 0 spiro atoms. The van der Waals surface area contributed by atoms with Crippen LogP contribution in [0.25, 0.3) is 10.9 Å². The Morgan fingerprint density at radius 1 is 1.50 bits per heavy atom. The van der Waals surface area contributed by atoms with E-state index in [0.717, 1.165) is 14.6 Å². The second-order valence-corrected chi connectivity index (χ2v) is 4.20. The average molecular weight is 341 g/mol. The Labute approximate surface area is 89.8 Å². The van der Waals surface area contributed by atoms with E-state index in [1.807, 2.05) is 0 Å². The second kappa shape index (κ2) is 2.95. The smallest absolute Gasteiger partial charge is 0.138 e. The molecule has 2 aromatic rings. The predicted molar refractivity (Wildman–Crippen MR) is 56.5 cm³/mol.